The molecule has 2 aromatic rings. The van der Waals surface area contributed by atoms with Crippen LogP contribution in [0.25, 0.3) is 11.2 Å². The van der Waals surface area contributed by atoms with Gasteiger partial charge in [-0.2, -0.15) is 11.8 Å². The van der Waals surface area contributed by atoms with E-state index in [4.69, 9.17) is 10.5 Å². The number of nitrogen functional groups attached to an aromatic ring is 1. The predicted octanol–water partition coefficient (Wildman–Crippen LogP) is 0.417. The van der Waals surface area contributed by atoms with Crippen LogP contribution in [0.5, 0.6) is 0 Å². The van der Waals surface area contributed by atoms with Gasteiger partial charge in [-0.3, -0.25) is 4.57 Å². The van der Waals surface area contributed by atoms with Crippen LogP contribution in [0.4, 0.5) is 5.82 Å². The van der Waals surface area contributed by atoms with Gasteiger partial charge in [0.05, 0.1) is 12.4 Å². The number of hydrogen-bond donors (Lipinski definition) is 3. The number of nitrogens with two attached hydrogens (primary N) is 1. The third-order valence-electron chi connectivity index (χ3n) is 3.73. The van der Waals surface area contributed by atoms with Gasteiger partial charge >= 0.3 is 0 Å². The maximum Gasteiger partial charge on any atom is 0.167 e. The monoisotopic (exact) mass is 339 g/mol. The zero-order valence-corrected chi connectivity index (χ0v) is 13.8. The second kappa shape index (κ2) is 6.60. The molecule has 9 heteroatoms. The largest absolute Gasteiger partial charge is 0.387 e. The molecule has 3 heterocycles. The number of aliphatic hydroxyl groups excluding tert-OH is 2. The Morgan fingerprint density at radius 3 is 2.83 bits per heavy atom. The summed E-state index contributed by atoms with van der Waals surface area (Å²) in [5.41, 5.74) is 6.70. The van der Waals surface area contributed by atoms with Crippen LogP contribution in [-0.2, 0) is 4.74 Å². The molecule has 0 spiro atoms. The molecule has 4 atom stereocenters. The highest BCUT2D eigenvalue weighted by Gasteiger charge is 2.44. The average molecular weight is 339 g/mol. The van der Waals surface area contributed by atoms with Gasteiger partial charge in [0.1, 0.15) is 24.1 Å². The van der Waals surface area contributed by atoms with Crippen molar-refractivity contribution in [2.45, 2.75) is 38.4 Å². The standard InChI is InChI=1S/C14H21N5O3S/c1-7(2)3-23-4-8-10(20)11(21)14(22-8)19-6-18-9-12(15)16-5-17-13(9)19/h5-8,10-11,14,20-21H,3-4H2,1-2H3,(H2,15,16,17)/t8-,10+,11+,14-/m0/s1. The van der Waals surface area contributed by atoms with Gasteiger partial charge in [-0.1, -0.05) is 13.8 Å². The van der Waals surface area contributed by atoms with Crippen LogP contribution in [0.1, 0.15) is 20.1 Å². The van der Waals surface area contributed by atoms with E-state index in [9.17, 15) is 10.2 Å². The zero-order chi connectivity index (χ0) is 16.6. The molecule has 1 fully saturated rings. The highest BCUT2D eigenvalue weighted by molar-refractivity contribution is 7.99. The molecule has 0 aliphatic carbocycles. The number of rotatable bonds is 5. The van der Waals surface area contributed by atoms with Crippen LogP contribution in [0.2, 0.25) is 0 Å². The van der Waals surface area contributed by atoms with Gasteiger partial charge in [-0.15, -0.1) is 0 Å². The lowest BCUT2D eigenvalue weighted by molar-refractivity contribution is -0.0289. The Kier molecular flexibility index (Phi) is 4.72. The molecule has 0 amide bonds. The molecule has 1 aliphatic heterocycles. The number of aliphatic hydroxyl groups is 2. The van der Waals surface area contributed by atoms with E-state index < -0.39 is 24.5 Å². The Balaban J connectivity index is 1.78. The van der Waals surface area contributed by atoms with E-state index in [0.717, 1.165) is 5.75 Å². The van der Waals surface area contributed by atoms with E-state index in [1.165, 1.54) is 12.7 Å². The van der Waals surface area contributed by atoms with Gasteiger partial charge in [0.15, 0.2) is 17.7 Å². The first kappa shape index (κ1) is 16.4. The van der Waals surface area contributed by atoms with Gasteiger partial charge in [0, 0.05) is 5.75 Å². The Hall–Kier alpha value is -1.42. The lowest BCUT2D eigenvalue weighted by Gasteiger charge is -2.16. The minimum absolute atomic E-state index is 0.269. The summed E-state index contributed by atoms with van der Waals surface area (Å²) in [4.78, 5) is 12.2. The molecule has 4 N–H and O–H groups in total. The number of thioether (sulfide) groups is 1. The van der Waals surface area contributed by atoms with Crippen molar-refractivity contribution >= 4 is 28.7 Å². The van der Waals surface area contributed by atoms with Crippen LogP contribution in [-0.4, -0.2) is 59.5 Å². The van der Waals surface area contributed by atoms with Gasteiger partial charge < -0.3 is 20.7 Å². The predicted molar refractivity (Wildman–Crippen MR) is 87.8 cm³/mol. The van der Waals surface area contributed by atoms with E-state index >= 15 is 0 Å². The fourth-order valence-electron chi connectivity index (χ4n) is 2.57. The molecule has 126 valence electrons. The van der Waals surface area contributed by atoms with Gasteiger partial charge in [0.2, 0.25) is 0 Å². The zero-order valence-electron chi connectivity index (χ0n) is 13.0. The second-order valence-corrected chi connectivity index (χ2v) is 7.14. The van der Waals surface area contributed by atoms with Crippen LogP contribution >= 0.6 is 11.8 Å². The van der Waals surface area contributed by atoms with Crippen LogP contribution in [0.3, 0.4) is 0 Å². The second-order valence-electron chi connectivity index (χ2n) is 6.06. The molecule has 0 saturated carbocycles. The summed E-state index contributed by atoms with van der Waals surface area (Å²) in [5.74, 6) is 2.43. The maximum atomic E-state index is 10.3. The molecule has 8 nitrogen and oxygen atoms in total. The summed E-state index contributed by atoms with van der Waals surface area (Å²) in [5, 5.41) is 20.6. The number of aromatic nitrogens is 4. The first-order chi connectivity index (χ1) is 11.0. The van der Waals surface area contributed by atoms with Gasteiger partial charge in [0.25, 0.3) is 0 Å². The Morgan fingerprint density at radius 2 is 2.09 bits per heavy atom. The van der Waals surface area contributed by atoms with Crippen molar-refractivity contribution in [1.29, 1.82) is 0 Å². The molecule has 0 unspecified atom stereocenters. The van der Waals surface area contributed by atoms with Crippen molar-refractivity contribution in [3.8, 4) is 0 Å². The highest BCUT2D eigenvalue weighted by atomic mass is 32.2. The van der Waals surface area contributed by atoms with Crippen molar-refractivity contribution in [2.24, 2.45) is 5.92 Å². The number of nitrogens with zero attached hydrogens (tertiary/aromatic N) is 4. The number of hydrogen-bond acceptors (Lipinski definition) is 8. The van der Waals surface area contributed by atoms with Gasteiger partial charge in [-0.25, -0.2) is 15.0 Å². The van der Waals surface area contributed by atoms with E-state index in [1.54, 1.807) is 16.3 Å². The van der Waals surface area contributed by atoms with Crippen molar-refractivity contribution in [3.63, 3.8) is 0 Å². The highest BCUT2D eigenvalue weighted by Crippen LogP contribution is 2.33. The third kappa shape index (κ3) is 3.14. The van der Waals surface area contributed by atoms with E-state index in [1.807, 2.05) is 0 Å². The van der Waals surface area contributed by atoms with Crippen LogP contribution in [0.15, 0.2) is 12.7 Å². The minimum Gasteiger partial charge on any atom is -0.387 e. The van der Waals surface area contributed by atoms with Crippen molar-refractivity contribution in [1.82, 2.24) is 19.5 Å². The molecule has 0 aromatic carbocycles. The number of fused-ring (bicyclic) bond motifs is 1. The average Bonchev–Trinajstić information content (AvgIpc) is 3.04. The summed E-state index contributed by atoms with van der Waals surface area (Å²) in [7, 11) is 0. The van der Waals surface area contributed by atoms with E-state index in [2.05, 4.69) is 28.8 Å². The SMILES string of the molecule is CC(C)CSC[C@@H]1O[C@H](n2cnc3c(N)ncnc32)[C@H](O)[C@@H]1O. The maximum absolute atomic E-state index is 10.3. The Morgan fingerprint density at radius 1 is 1.30 bits per heavy atom. The lowest BCUT2D eigenvalue weighted by atomic mass is 10.1. The van der Waals surface area contributed by atoms with Crippen molar-refractivity contribution in [3.05, 3.63) is 12.7 Å². The first-order valence-corrected chi connectivity index (χ1v) is 8.67. The fourth-order valence-corrected chi connectivity index (χ4v) is 3.69. The smallest absolute Gasteiger partial charge is 0.167 e. The Labute approximate surface area is 138 Å². The molecule has 23 heavy (non-hydrogen) atoms. The molecule has 1 saturated heterocycles. The van der Waals surface area contributed by atoms with Crippen molar-refractivity contribution in [2.75, 3.05) is 17.2 Å². The summed E-state index contributed by atoms with van der Waals surface area (Å²) < 4.78 is 7.45. The number of imidazole rings is 1. The molecular formula is C14H21N5O3S. The molecule has 3 rings (SSSR count). The summed E-state index contributed by atoms with van der Waals surface area (Å²) in [6.45, 7) is 4.27. The van der Waals surface area contributed by atoms with Crippen LogP contribution in [0, 0.1) is 5.92 Å². The lowest BCUT2D eigenvalue weighted by Crippen LogP contribution is -2.32. The Bertz CT molecular complexity index is 679. The minimum atomic E-state index is -1.05. The first-order valence-electron chi connectivity index (χ1n) is 7.51. The molecule has 0 bridgehead atoms. The van der Waals surface area contributed by atoms with Crippen LogP contribution < -0.4 is 5.73 Å². The van der Waals surface area contributed by atoms with E-state index in [-0.39, 0.29) is 5.82 Å². The topological polar surface area (TPSA) is 119 Å². The van der Waals surface area contributed by atoms with Crippen molar-refractivity contribution < 1.29 is 14.9 Å². The molecule has 2 aromatic heterocycles. The molecule has 1 aliphatic rings. The molecule has 0 radical (unpaired) electrons. The number of ether oxygens (including phenoxy) is 1. The summed E-state index contributed by atoms with van der Waals surface area (Å²) in [6.07, 6.45) is -0.336. The summed E-state index contributed by atoms with van der Waals surface area (Å²) in [6, 6.07) is 0. The molecular weight excluding hydrogens is 318 g/mol. The quantitative estimate of drug-likeness (QED) is 0.717. The van der Waals surface area contributed by atoms with E-state index in [0.29, 0.717) is 22.8 Å². The fraction of sp³-hybridized carbons (Fsp3) is 0.643. The third-order valence-corrected chi connectivity index (χ3v) is 5.20. The number of anilines is 1. The summed E-state index contributed by atoms with van der Waals surface area (Å²) >= 11 is 1.70. The van der Waals surface area contributed by atoms with Gasteiger partial charge in [-0.05, 0) is 11.7 Å². The normalized spacial score (nSPS) is 28.0.